The van der Waals surface area contributed by atoms with Crippen molar-refractivity contribution in [1.82, 2.24) is 10.1 Å². The first kappa shape index (κ1) is 11.1. The number of β-amino-alcohol motifs (C(OH)–C–C–N with tert-alkyl or cyclic N) is 1. The number of carbonyl (C=O) groups is 1. The smallest absolute Gasteiger partial charge is 0.223 e. The number of amides is 1. The third kappa shape index (κ3) is 2.09. The zero-order valence-corrected chi connectivity index (χ0v) is 9.56. The number of hydrogen-bond donors (Lipinski definition) is 1. The number of hydrogen-bond acceptors (Lipinski definition) is 4. The van der Waals surface area contributed by atoms with E-state index in [1.807, 2.05) is 13.8 Å². The molecule has 0 radical (unpaired) electrons. The topological polar surface area (TPSA) is 66.6 Å². The van der Waals surface area contributed by atoms with E-state index in [-0.39, 0.29) is 12.0 Å². The molecular formula is C11H16N2O3. The normalized spacial score (nSPS) is 16.3. The van der Waals surface area contributed by atoms with Gasteiger partial charge < -0.3 is 14.5 Å². The molecule has 1 aliphatic rings. The Labute approximate surface area is 94.0 Å². The van der Waals surface area contributed by atoms with Crippen molar-refractivity contribution in [3.63, 3.8) is 0 Å². The number of aryl methyl sites for hydroxylation is 2. The molecule has 0 unspecified atom stereocenters. The van der Waals surface area contributed by atoms with Crippen LogP contribution in [0.2, 0.25) is 0 Å². The Morgan fingerprint density at radius 2 is 2.25 bits per heavy atom. The Morgan fingerprint density at radius 3 is 2.75 bits per heavy atom. The molecule has 5 heteroatoms. The van der Waals surface area contributed by atoms with E-state index in [0.717, 1.165) is 17.0 Å². The van der Waals surface area contributed by atoms with Crippen LogP contribution in [0.5, 0.6) is 0 Å². The maximum Gasteiger partial charge on any atom is 0.223 e. The summed E-state index contributed by atoms with van der Waals surface area (Å²) in [6.07, 6.45) is 0.783. The number of rotatable bonds is 3. The van der Waals surface area contributed by atoms with Crippen LogP contribution in [0.25, 0.3) is 0 Å². The first-order valence-corrected chi connectivity index (χ1v) is 5.45. The molecule has 1 aromatic rings. The Bertz CT molecular complexity index is 374. The molecule has 1 aromatic heterocycles. The molecule has 2 heterocycles. The summed E-state index contributed by atoms with van der Waals surface area (Å²) in [6.45, 7) is 4.68. The second kappa shape index (κ2) is 4.25. The van der Waals surface area contributed by atoms with E-state index in [0.29, 0.717) is 25.9 Å². The first-order chi connectivity index (χ1) is 7.58. The van der Waals surface area contributed by atoms with Crippen LogP contribution in [-0.4, -0.2) is 40.3 Å². The number of likely N-dealkylation sites (tertiary alicyclic amines) is 1. The van der Waals surface area contributed by atoms with Gasteiger partial charge in [-0.1, -0.05) is 5.16 Å². The predicted molar refractivity (Wildman–Crippen MR) is 56.9 cm³/mol. The van der Waals surface area contributed by atoms with Crippen LogP contribution in [0.3, 0.4) is 0 Å². The van der Waals surface area contributed by atoms with Crippen molar-refractivity contribution >= 4 is 5.91 Å². The minimum absolute atomic E-state index is 0.0882. The zero-order chi connectivity index (χ0) is 11.7. The van der Waals surface area contributed by atoms with Crippen LogP contribution >= 0.6 is 0 Å². The van der Waals surface area contributed by atoms with E-state index in [1.165, 1.54) is 0 Å². The highest BCUT2D eigenvalue weighted by molar-refractivity contribution is 5.77. The van der Waals surface area contributed by atoms with Gasteiger partial charge in [-0.3, -0.25) is 4.79 Å². The fourth-order valence-corrected chi connectivity index (χ4v) is 1.91. The number of nitrogens with zero attached hydrogens (tertiary/aromatic N) is 2. The van der Waals surface area contributed by atoms with Crippen LogP contribution in [0.1, 0.15) is 23.4 Å². The van der Waals surface area contributed by atoms with Gasteiger partial charge in [-0.2, -0.15) is 0 Å². The average Bonchev–Trinajstić information content (AvgIpc) is 2.51. The lowest BCUT2D eigenvalue weighted by Crippen LogP contribution is -2.53. The summed E-state index contributed by atoms with van der Waals surface area (Å²) in [7, 11) is 0. The van der Waals surface area contributed by atoms with E-state index in [4.69, 9.17) is 9.63 Å². The highest BCUT2D eigenvalue weighted by atomic mass is 16.5. The van der Waals surface area contributed by atoms with Crippen LogP contribution < -0.4 is 0 Å². The molecule has 88 valence electrons. The second-order valence-electron chi connectivity index (χ2n) is 4.26. The third-order valence-corrected chi connectivity index (χ3v) is 2.99. The predicted octanol–water partition coefficient (Wildman–Crippen LogP) is 0.427. The van der Waals surface area contributed by atoms with Crippen molar-refractivity contribution < 1.29 is 14.4 Å². The molecule has 16 heavy (non-hydrogen) atoms. The maximum atomic E-state index is 11.7. The van der Waals surface area contributed by atoms with Crippen LogP contribution in [0, 0.1) is 13.8 Å². The standard InChI is InChI=1S/C11H16N2O3/c1-7-10(8(2)16-12-7)3-4-11(15)13-5-9(14)6-13/h9,14H,3-6H2,1-2H3. The molecule has 5 nitrogen and oxygen atoms in total. The number of aromatic nitrogens is 1. The van der Waals surface area contributed by atoms with E-state index < -0.39 is 0 Å². The van der Waals surface area contributed by atoms with Crippen molar-refractivity contribution in [1.29, 1.82) is 0 Å². The van der Waals surface area contributed by atoms with Crippen molar-refractivity contribution in [3.05, 3.63) is 17.0 Å². The molecule has 0 spiro atoms. The van der Waals surface area contributed by atoms with E-state index >= 15 is 0 Å². The summed E-state index contributed by atoms with van der Waals surface area (Å²) in [5.41, 5.74) is 1.88. The van der Waals surface area contributed by atoms with Crippen molar-refractivity contribution in [2.75, 3.05) is 13.1 Å². The van der Waals surface area contributed by atoms with E-state index in [2.05, 4.69) is 5.16 Å². The summed E-state index contributed by atoms with van der Waals surface area (Å²) < 4.78 is 5.03. The third-order valence-electron chi connectivity index (χ3n) is 2.99. The Morgan fingerprint density at radius 1 is 1.56 bits per heavy atom. The largest absolute Gasteiger partial charge is 0.389 e. The van der Waals surface area contributed by atoms with Crippen molar-refractivity contribution in [3.8, 4) is 0 Å². The summed E-state index contributed by atoms with van der Waals surface area (Å²) >= 11 is 0. The molecule has 0 aromatic carbocycles. The molecule has 1 N–H and O–H groups in total. The van der Waals surface area contributed by atoms with Crippen molar-refractivity contribution in [2.45, 2.75) is 32.8 Å². The summed E-state index contributed by atoms with van der Waals surface area (Å²) in [4.78, 5) is 13.3. The van der Waals surface area contributed by atoms with Gasteiger partial charge in [-0.05, 0) is 20.3 Å². The zero-order valence-electron chi connectivity index (χ0n) is 9.56. The number of carbonyl (C=O) groups excluding carboxylic acids is 1. The molecule has 0 aliphatic carbocycles. The molecule has 2 rings (SSSR count). The molecule has 0 bridgehead atoms. The van der Waals surface area contributed by atoms with Gasteiger partial charge in [-0.25, -0.2) is 0 Å². The Balaban J connectivity index is 1.86. The van der Waals surface area contributed by atoms with Crippen LogP contribution in [-0.2, 0) is 11.2 Å². The van der Waals surface area contributed by atoms with Crippen LogP contribution in [0.15, 0.2) is 4.52 Å². The highest BCUT2D eigenvalue weighted by Gasteiger charge is 2.28. The van der Waals surface area contributed by atoms with E-state index in [1.54, 1.807) is 4.90 Å². The number of aliphatic hydroxyl groups is 1. The lowest BCUT2D eigenvalue weighted by molar-refractivity contribution is -0.141. The molecule has 1 fully saturated rings. The van der Waals surface area contributed by atoms with Gasteiger partial charge in [0.2, 0.25) is 5.91 Å². The Kier molecular flexibility index (Phi) is 2.96. The van der Waals surface area contributed by atoms with Gasteiger partial charge in [0, 0.05) is 25.1 Å². The van der Waals surface area contributed by atoms with Crippen molar-refractivity contribution in [2.24, 2.45) is 0 Å². The van der Waals surface area contributed by atoms with E-state index in [9.17, 15) is 4.79 Å². The van der Waals surface area contributed by atoms with Gasteiger partial charge in [0.1, 0.15) is 5.76 Å². The quantitative estimate of drug-likeness (QED) is 0.808. The summed E-state index contributed by atoms with van der Waals surface area (Å²) in [6, 6.07) is 0. The molecule has 1 aliphatic heterocycles. The monoisotopic (exact) mass is 224 g/mol. The molecule has 0 saturated carbocycles. The SMILES string of the molecule is Cc1noc(C)c1CCC(=O)N1CC(O)C1. The first-order valence-electron chi connectivity index (χ1n) is 5.45. The van der Waals surface area contributed by atoms with Gasteiger partial charge >= 0.3 is 0 Å². The fraction of sp³-hybridized carbons (Fsp3) is 0.636. The molecule has 0 atom stereocenters. The van der Waals surface area contributed by atoms with Crippen LogP contribution in [0.4, 0.5) is 0 Å². The maximum absolute atomic E-state index is 11.7. The summed E-state index contributed by atoms with van der Waals surface area (Å²) in [5.74, 6) is 0.874. The Hall–Kier alpha value is -1.36. The van der Waals surface area contributed by atoms with Gasteiger partial charge in [0.05, 0.1) is 11.8 Å². The minimum Gasteiger partial charge on any atom is -0.389 e. The lowest BCUT2D eigenvalue weighted by atomic mass is 10.1. The lowest BCUT2D eigenvalue weighted by Gasteiger charge is -2.35. The highest BCUT2D eigenvalue weighted by Crippen LogP contribution is 2.16. The second-order valence-corrected chi connectivity index (χ2v) is 4.26. The summed E-state index contributed by atoms with van der Waals surface area (Å²) in [5, 5.41) is 12.9. The minimum atomic E-state index is -0.331. The van der Waals surface area contributed by atoms with Gasteiger partial charge in [0.15, 0.2) is 0 Å². The van der Waals surface area contributed by atoms with Gasteiger partial charge in [-0.15, -0.1) is 0 Å². The molecular weight excluding hydrogens is 208 g/mol. The molecule has 1 amide bonds. The van der Waals surface area contributed by atoms with Gasteiger partial charge in [0.25, 0.3) is 0 Å². The fourth-order valence-electron chi connectivity index (χ4n) is 1.91. The molecule has 1 saturated heterocycles. The number of aliphatic hydroxyl groups excluding tert-OH is 1. The average molecular weight is 224 g/mol.